The molecule has 0 fully saturated rings. The second-order valence-corrected chi connectivity index (χ2v) is 31.6. The standard InChI is InChI=1S/C9H13.C4H10N.C3H9OSi.C2H5O.CH3.CH2.2ClH.Zr/c1-6-5-7(2)9(4)8(6)3;1-4(2,3)5;1-5(2,3)4;1-2-3;;;;;/h6H,1-4H3;5H,1-3H3;1-3H3;2H2,1H3;1H3;1H2;2*1H;/q;3*-1;;;;;+3. The summed E-state index contributed by atoms with van der Waals surface area (Å²) in [7, 11) is -1.96. The average Bonchev–Trinajstić information content (AvgIpc) is 2.48. The quantitative estimate of drug-likeness (QED) is 0.390. The Morgan fingerprint density at radius 1 is 1.07 bits per heavy atom. The van der Waals surface area contributed by atoms with Crippen molar-refractivity contribution in [2.24, 2.45) is 5.92 Å². The fourth-order valence-electron chi connectivity index (χ4n) is 5.41. The van der Waals surface area contributed by atoms with Gasteiger partial charge in [-0.3, -0.25) is 0 Å². The van der Waals surface area contributed by atoms with Crippen LogP contribution in [0.1, 0.15) is 55.4 Å². The maximum absolute atomic E-state index is 7.15. The molecule has 1 rings (SSSR count). The molecule has 1 aliphatic carbocycles. The molecule has 0 radical (unpaired) electrons. The Labute approximate surface area is 180 Å². The molecule has 0 spiro atoms. The molecule has 0 aromatic carbocycles. The van der Waals surface area contributed by atoms with Gasteiger partial charge in [0.1, 0.15) is 0 Å². The van der Waals surface area contributed by atoms with Gasteiger partial charge >= 0.3 is 157 Å². The Balaban J connectivity index is 0. The Bertz CT molecular complexity index is 707. The van der Waals surface area contributed by atoms with Gasteiger partial charge in [0, 0.05) is 0 Å². The average molecular weight is 521 g/mol. The monoisotopic (exact) mass is 518 g/mol. The van der Waals surface area contributed by atoms with Crippen LogP contribution in [-0.2, 0) is 23.3 Å². The van der Waals surface area contributed by atoms with Gasteiger partial charge < -0.3 is 0 Å². The minimum atomic E-state index is -5.21. The van der Waals surface area contributed by atoms with E-state index >= 15 is 0 Å². The number of rotatable bonds is 6. The summed E-state index contributed by atoms with van der Waals surface area (Å²) in [4.78, 5) is 0. The van der Waals surface area contributed by atoms with Gasteiger partial charge in [0.2, 0.25) is 0 Å². The van der Waals surface area contributed by atoms with Gasteiger partial charge in [-0.2, -0.15) is 0 Å². The van der Waals surface area contributed by atoms with E-state index in [-0.39, 0.29) is 36.3 Å². The molecule has 0 saturated heterocycles. The number of hydrogen-bond acceptors (Lipinski definition) is 3. The van der Waals surface area contributed by atoms with E-state index in [1.807, 2.05) is 0 Å². The molecule has 3 nitrogen and oxygen atoms in total. The molecule has 1 aliphatic rings. The molecule has 0 heterocycles. The molecule has 0 aromatic rings. The van der Waals surface area contributed by atoms with Gasteiger partial charge in [-0.05, 0) is 0 Å². The van der Waals surface area contributed by atoms with Crippen LogP contribution in [0.25, 0.3) is 0 Å². The topological polar surface area (TPSA) is 30.5 Å². The molecule has 0 bridgehead atoms. The molecule has 0 aliphatic heterocycles. The fourth-order valence-corrected chi connectivity index (χ4v) is 38.9. The van der Waals surface area contributed by atoms with Crippen LogP contribution < -0.4 is 3.26 Å². The number of allylic oxidation sites excluding steroid dienone is 4. The van der Waals surface area contributed by atoms with Crippen LogP contribution in [0, 0.1) is 5.92 Å². The van der Waals surface area contributed by atoms with Crippen LogP contribution in [0.4, 0.5) is 0 Å². The summed E-state index contributed by atoms with van der Waals surface area (Å²) in [6.45, 7) is 24.9. The molecule has 1 atom stereocenters. The normalized spacial score (nSPS) is 21.4. The summed E-state index contributed by atoms with van der Waals surface area (Å²) in [5.41, 5.74) is 3.91. The Morgan fingerprint density at radius 3 is 1.78 bits per heavy atom. The number of halogens is 2. The zero-order valence-corrected chi connectivity index (χ0v) is 24.7. The van der Waals surface area contributed by atoms with Crippen molar-refractivity contribution in [3.63, 3.8) is 0 Å². The van der Waals surface area contributed by atoms with E-state index in [4.69, 9.17) is 9.53 Å². The molecule has 0 aromatic heterocycles. The third kappa shape index (κ3) is 5.96. The van der Waals surface area contributed by atoms with Crippen molar-refractivity contribution in [1.29, 1.82) is 0 Å². The van der Waals surface area contributed by atoms with Crippen molar-refractivity contribution in [3.05, 3.63) is 20.0 Å². The van der Waals surface area contributed by atoms with Crippen molar-refractivity contribution in [2.75, 3.05) is 6.61 Å². The summed E-state index contributed by atoms with van der Waals surface area (Å²) >= 11 is -5.21. The van der Waals surface area contributed by atoms with E-state index in [2.05, 4.69) is 82.9 Å². The molecule has 0 saturated carbocycles. The van der Waals surface area contributed by atoms with E-state index in [1.165, 1.54) is 20.0 Å². The fraction of sp³-hybridized carbons (Fsp3) is 0.750. The molecule has 1 N–H and O–H groups in total. The SMILES string of the molecule is Cl.Cl.[CH2]=[Zr]([CH3])([NH]C(C)(C)C)([O]CC)([O][Si](C)(C)C)[C]1=C(C)C(C)=C(C)C1C. The molecule has 7 heteroatoms. The second-order valence-electron chi connectivity index (χ2n) is 10.6. The predicted octanol–water partition coefficient (Wildman–Crippen LogP) is 6.82. The van der Waals surface area contributed by atoms with Gasteiger partial charge in [-0.25, -0.2) is 0 Å². The van der Waals surface area contributed by atoms with E-state index in [9.17, 15) is 0 Å². The molecular formula is C20H44Cl2NO2SiZr. The van der Waals surface area contributed by atoms with Crippen LogP contribution in [0.2, 0.25) is 24.3 Å². The van der Waals surface area contributed by atoms with Crippen molar-refractivity contribution >= 4 is 37.3 Å². The third-order valence-electron chi connectivity index (χ3n) is 5.43. The molecule has 0 amide bonds. The van der Waals surface area contributed by atoms with Crippen LogP contribution in [0.3, 0.4) is 0 Å². The first kappa shape index (κ1) is 30.1. The minimum absolute atomic E-state index is 0. The van der Waals surface area contributed by atoms with Crippen LogP contribution >= 0.6 is 24.8 Å². The zero-order valence-electron chi connectivity index (χ0n) is 19.6. The summed E-state index contributed by atoms with van der Waals surface area (Å²) in [6, 6.07) is 0. The summed E-state index contributed by atoms with van der Waals surface area (Å²) in [5, 5.41) is 0. The number of nitrogens with one attached hydrogen (secondary N) is 1. The summed E-state index contributed by atoms with van der Waals surface area (Å²) in [6.07, 6.45) is 0. The Morgan fingerprint density at radius 2 is 1.52 bits per heavy atom. The van der Waals surface area contributed by atoms with Crippen LogP contribution in [-0.4, -0.2) is 24.7 Å². The molecular weight excluding hydrogens is 476 g/mol. The zero-order chi connectivity index (χ0) is 20.1. The third-order valence-corrected chi connectivity index (χ3v) is 28.5. The molecule has 1 unspecified atom stereocenters. The summed E-state index contributed by atoms with van der Waals surface area (Å²) < 4.78 is 26.3. The van der Waals surface area contributed by atoms with Crippen molar-refractivity contribution < 1.29 is 23.3 Å². The van der Waals surface area contributed by atoms with Gasteiger partial charge in [-0.1, -0.05) is 0 Å². The first-order valence-corrected chi connectivity index (χ1v) is 21.7. The van der Waals surface area contributed by atoms with Crippen molar-refractivity contribution in [2.45, 2.75) is 85.2 Å². The van der Waals surface area contributed by atoms with E-state index in [0.29, 0.717) is 6.61 Å². The van der Waals surface area contributed by atoms with Crippen LogP contribution in [0.5, 0.6) is 0 Å². The van der Waals surface area contributed by atoms with Crippen LogP contribution in [0.15, 0.2) is 20.0 Å². The first-order valence-electron chi connectivity index (χ1n) is 9.62. The molecule has 163 valence electrons. The maximum atomic E-state index is 7.15. The van der Waals surface area contributed by atoms with Gasteiger partial charge in [-0.15, -0.1) is 24.8 Å². The van der Waals surface area contributed by atoms with Crippen molar-refractivity contribution in [3.8, 4) is 0 Å². The second kappa shape index (κ2) is 8.21. The Hall–Kier alpha value is 0.910. The van der Waals surface area contributed by atoms with Gasteiger partial charge in [0.25, 0.3) is 0 Å². The van der Waals surface area contributed by atoms with E-state index in [1.54, 1.807) is 0 Å². The predicted molar refractivity (Wildman–Crippen MR) is 127 cm³/mol. The number of hydrogen-bond donors (Lipinski definition) is 1. The first-order chi connectivity index (χ1) is 10.8. The van der Waals surface area contributed by atoms with E-state index < -0.39 is 26.3 Å². The summed E-state index contributed by atoms with van der Waals surface area (Å²) in [5.74, 6) is 0.289. The van der Waals surface area contributed by atoms with E-state index in [0.717, 1.165) is 0 Å². The molecule has 27 heavy (non-hydrogen) atoms. The Kier molecular flexibility index (Phi) is 9.15. The van der Waals surface area contributed by atoms with Gasteiger partial charge in [0.15, 0.2) is 0 Å². The van der Waals surface area contributed by atoms with Gasteiger partial charge in [0.05, 0.1) is 0 Å². The van der Waals surface area contributed by atoms with Crippen molar-refractivity contribution in [1.82, 2.24) is 3.26 Å².